The van der Waals surface area contributed by atoms with E-state index in [1.165, 1.54) is 0 Å². The van der Waals surface area contributed by atoms with E-state index < -0.39 is 5.60 Å². The number of carbonyl (C=O) groups excluding carboxylic acids is 2. The number of hydrogen-bond donors (Lipinski definition) is 1. The largest absolute Gasteiger partial charge is 0.444 e. The summed E-state index contributed by atoms with van der Waals surface area (Å²) in [5, 5.41) is 7.67. The van der Waals surface area contributed by atoms with Crippen LogP contribution in [0, 0.1) is 0 Å². The maximum absolute atomic E-state index is 12.7. The molecule has 10 nitrogen and oxygen atoms in total. The van der Waals surface area contributed by atoms with Crippen LogP contribution in [-0.4, -0.2) is 60.9 Å². The number of hydrogen-bond acceptors (Lipinski definition) is 7. The first-order valence-electron chi connectivity index (χ1n) is 10.1. The molecular formula is C20H27N7O3. The van der Waals surface area contributed by atoms with Crippen LogP contribution in [0.25, 0.3) is 0 Å². The predicted molar refractivity (Wildman–Crippen MR) is 110 cm³/mol. The summed E-state index contributed by atoms with van der Waals surface area (Å²) < 4.78 is 7.43. The van der Waals surface area contributed by atoms with E-state index in [0.29, 0.717) is 32.0 Å². The Morgan fingerprint density at radius 1 is 1.23 bits per heavy atom. The molecule has 30 heavy (non-hydrogen) atoms. The van der Waals surface area contributed by atoms with Crippen molar-refractivity contribution in [1.82, 2.24) is 24.6 Å². The SMILES string of the molecule is CC1Cn2ncc(N3CC(Nc4ncccn4)CC3=O)c2CN1C(=O)OC(C)(C)C. The van der Waals surface area contributed by atoms with Crippen molar-refractivity contribution in [3.8, 4) is 0 Å². The summed E-state index contributed by atoms with van der Waals surface area (Å²) in [5.41, 5.74) is 1.00. The van der Waals surface area contributed by atoms with Gasteiger partial charge in [-0.3, -0.25) is 14.4 Å². The van der Waals surface area contributed by atoms with Gasteiger partial charge in [0, 0.05) is 25.4 Å². The standard InChI is InChI=1S/C20H27N7O3/c1-13-10-27-16(12-25(13)19(29)30-20(2,3)4)15(9-23-27)26-11-14(8-17(26)28)24-18-21-6-5-7-22-18/h5-7,9,13-14H,8,10-12H2,1-4H3,(H,21,22,24). The van der Waals surface area contributed by atoms with Crippen molar-refractivity contribution in [3.05, 3.63) is 30.4 Å². The van der Waals surface area contributed by atoms with Crippen LogP contribution in [0.2, 0.25) is 0 Å². The molecule has 0 spiro atoms. The van der Waals surface area contributed by atoms with Crippen molar-refractivity contribution in [2.45, 2.75) is 64.9 Å². The van der Waals surface area contributed by atoms with Crippen LogP contribution in [0.1, 0.15) is 39.8 Å². The summed E-state index contributed by atoms with van der Waals surface area (Å²) in [6.45, 7) is 8.89. The molecule has 2 aliphatic heterocycles. The van der Waals surface area contributed by atoms with E-state index in [2.05, 4.69) is 20.4 Å². The molecule has 1 fully saturated rings. The fourth-order valence-electron chi connectivity index (χ4n) is 3.77. The van der Waals surface area contributed by atoms with E-state index >= 15 is 0 Å². The first-order chi connectivity index (χ1) is 14.2. The van der Waals surface area contributed by atoms with Crippen LogP contribution in [0.3, 0.4) is 0 Å². The number of nitrogens with one attached hydrogen (secondary N) is 1. The van der Waals surface area contributed by atoms with Crippen LogP contribution in [0.15, 0.2) is 24.7 Å². The van der Waals surface area contributed by atoms with Crippen molar-refractivity contribution < 1.29 is 14.3 Å². The number of nitrogens with zero attached hydrogens (tertiary/aromatic N) is 6. The van der Waals surface area contributed by atoms with E-state index in [0.717, 1.165) is 11.4 Å². The van der Waals surface area contributed by atoms with Gasteiger partial charge >= 0.3 is 6.09 Å². The summed E-state index contributed by atoms with van der Waals surface area (Å²) in [4.78, 5) is 37.2. The van der Waals surface area contributed by atoms with Gasteiger partial charge in [0.1, 0.15) is 5.60 Å². The fraction of sp³-hybridized carbons (Fsp3) is 0.550. The molecule has 0 saturated carbocycles. The van der Waals surface area contributed by atoms with E-state index in [1.54, 1.807) is 34.5 Å². The number of fused-ring (bicyclic) bond motifs is 1. The zero-order chi connectivity index (χ0) is 21.5. The maximum atomic E-state index is 12.7. The second kappa shape index (κ2) is 7.58. The molecule has 2 aliphatic rings. The Bertz CT molecular complexity index is 938. The molecular weight excluding hydrogens is 386 g/mol. The highest BCUT2D eigenvalue weighted by molar-refractivity contribution is 5.97. The van der Waals surface area contributed by atoms with Crippen LogP contribution in [0.4, 0.5) is 16.4 Å². The normalized spacial score (nSPS) is 21.5. The molecule has 2 aromatic heterocycles. The number of anilines is 2. The fourth-order valence-corrected chi connectivity index (χ4v) is 3.77. The number of carbonyl (C=O) groups is 2. The third-order valence-corrected chi connectivity index (χ3v) is 5.16. The quantitative estimate of drug-likeness (QED) is 0.821. The lowest BCUT2D eigenvalue weighted by Crippen LogP contribution is -2.47. The molecule has 2 atom stereocenters. The number of aromatic nitrogens is 4. The van der Waals surface area contributed by atoms with E-state index in [4.69, 9.17) is 4.74 Å². The highest BCUT2D eigenvalue weighted by Gasteiger charge is 2.37. The van der Waals surface area contributed by atoms with Gasteiger partial charge in [-0.2, -0.15) is 5.10 Å². The highest BCUT2D eigenvalue weighted by Crippen LogP contribution is 2.31. The predicted octanol–water partition coefficient (Wildman–Crippen LogP) is 2.03. The van der Waals surface area contributed by atoms with E-state index in [9.17, 15) is 9.59 Å². The van der Waals surface area contributed by atoms with Gasteiger partial charge in [-0.05, 0) is 33.8 Å². The summed E-state index contributed by atoms with van der Waals surface area (Å²) in [7, 11) is 0. The Balaban J connectivity index is 1.51. The van der Waals surface area contributed by atoms with Crippen molar-refractivity contribution in [3.63, 3.8) is 0 Å². The third-order valence-electron chi connectivity index (χ3n) is 5.16. The minimum absolute atomic E-state index is 0.00155. The Labute approximate surface area is 175 Å². The second-order valence-corrected chi connectivity index (χ2v) is 8.74. The van der Waals surface area contributed by atoms with Gasteiger partial charge in [-0.25, -0.2) is 14.8 Å². The van der Waals surface area contributed by atoms with Crippen LogP contribution < -0.4 is 10.2 Å². The smallest absolute Gasteiger partial charge is 0.410 e. The molecule has 0 aliphatic carbocycles. The molecule has 160 valence electrons. The van der Waals surface area contributed by atoms with Gasteiger partial charge in [0.25, 0.3) is 0 Å². The molecule has 4 rings (SSSR count). The molecule has 2 unspecified atom stereocenters. The summed E-state index contributed by atoms with van der Waals surface area (Å²) >= 11 is 0. The Hall–Kier alpha value is -3.17. The molecule has 4 heterocycles. The first kappa shape index (κ1) is 20.1. The molecule has 0 bridgehead atoms. The van der Waals surface area contributed by atoms with Gasteiger partial charge in [-0.15, -0.1) is 0 Å². The van der Waals surface area contributed by atoms with Crippen molar-refractivity contribution in [2.24, 2.45) is 0 Å². The highest BCUT2D eigenvalue weighted by atomic mass is 16.6. The van der Waals surface area contributed by atoms with Gasteiger partial charge in [-0.1, -0.05) is 0 Å². The molecule has 1 N–H and O–H groups in total. The molecule has 10 heteroatoms. The van der Waals surface area contributed by atoms with Gasteiger partial charge in [0.15, 0.2) is 0 Å². The maximum Gasteiger partial charge on any atom is 0.410 e. The zero-order valence-corrected chi connectivity index (χ0v) is 17.7. The van der Waals surface area contributed by atoms with Gasteiger partial charge < -0.3 is 15.0 Å². The molecule has 2 aromatic rings. The van der Waals surface area contributed by atoms with E-state index in [-0.39, 0.29) is 24.1 Å². The van der Waals surface area contributed by atoms with Gasteiger partial charge in [0.05, 0.1) is 42.8 Å². The monoisotopic (exact) mass is 413 g/mol. The summed E-state index contributed by atoms with van der Waals surface area (Å²) in [6, 6.07) is 1.59. The van der Waals surface area contributed by atoms with Gasteiger partial charge in [0.2, 0.25) is 11.9 Å². The number of amides is 2. The second-order valence-electron chi connectivity index (χ2n) is 8.74. The van der Waals surface area contributed by atoms with E-state index in [1.807, 2.05) is 32.4 Å². The first-order valence-corrected chi connectivity index (χ1v) is 10.1. The topological polar surface area (TPSA) is 105 Å². The summed E-state index contributed by atoms with van der Waals surface area (Å²) in [5.74, 6) is 0.501. The molecule has 0 aromatic carbocycles. The Morgan fingerprint density at radius 2 is 1.97 bits per heavy atom. The number of ether oxygens (including phenoxy) is 1. The lowest BCUT2D eigenvalue weighted by atomic mass is 10.2. The zero-order valence-electron chi connectivity index (χ0n) is 17.7. The summed E-state index contributed by atoms with van der Waals surface area (Å²) in [6.07, 6.45) is 5.01. The van der Waals surface area contributed by atoms with Crippen molar-refractivity contribution >= 4 is 23.6 Å². The molecule has 2 amide bonds. The minimum Gasteiger partial charge on any atom is -0.444 e. The lowest BCUT2D eigenvalue weighted by molar-refractivity contribution is -0.117. The Morgan fingerprint density at radius 3 is 2.67 bits per heavy atom. The Kier molecular flexibility index (Phi) is 5.08. The van der Waals surface area contributed by atoms with Crippen molar-refractivity contribution in [1.29, 1.82) is 0 Å². The van der Waals surface area contributed by atoms with Crippen LogP contribution in [-0.2, 0) is 22.6 Å². The average Bonchev–Trinajstić information content (AvgIpc) is 3.22. The lowest BCUT2D eigenvalue weighted by Gasteiger charge is -2.36. The average molecular weight is 413 g/mol. The molecule has 1 saturated heterocycles. The number of rotatable bonds is 3. The minimum atomic E-state index is -0.569. The van der Waals surface area contributed by atoms with Crippen LogP contribution >= 0.6 is 0 Å². The van der Waals surface area contributed by atoms with Crippen LogP contribution in [0.5, 0.6) is 0 Å². The van der Waals surface area contributed by atoms with Crippen molar-refractivity contribution in [2.75, 3.05) is 16.8 Å². The molecule has 0 radical (unpaired) electrons. The third kappa shape index (κ3) is 4.07.